The van der Waals surface area contributed by atoms with Gasteiger partial charge in [0.25, 0.3) is 0 Å². The van der Waals surface area contributed by atoms with E-state index in [4.69, 9.17) is 13.3 Å². The predicted octanol–water partition coefficient (Wildman–Crippen LogP) is -0.761. The number of rotatable bonds is 5. The molecule has 0 spiro atoms. The van der Waals surface area contributed by atoms with Gasteiger partial charge >= 0.3 is 213 Å². The van der Waals surface area contributed by atoms with Crippen molar-refractivity contribution in [2.75, 3.05) is 11.0 Å². The molecule has 0 radical (unpaired) electrons. The number of carbonyl (C=O) groups excluding carboxylic acids is 1. The first-order chi connectivity index (χ1) is 19.2. The van der Waals surface area contributed by atoms with E-state index in [0.717, 1.165) is 64.3 Å². The van der Waals surface area contributed by atoms with E-state index >= 15 is 0 Å². The van der Waals surface area contributed by atoms with Crippen LogP contribution in [0.4, 0.5) is 0 Å². The summed E-state index contributed by atoms with van der Waals surface area (Å²) in [6.45, 7) is 1.30. The summed E-state index contributed by atoms with van der Waals surface area (Å²) >= 11 is -0.251. The zero-order chi connectivity index (χ0) is 26.2. The van der Waals surface area contributed by atoms with Crippen LogP contribution >= 0.6 is 0 Å². The Kier molecular flexibility index (Phi) is 6.59. The van der Waals surface area contributed by atoms with Gasteiger partial charge in [-0.15, -0.1) is 0 Å². The van der Waals surface area contributed by atoms with Gasteiger partial charge < -0.3 is 0 Å². The first kappa shape index (κ1) is 24.4. The van der Waals surface area contributed by atoms with Gasteiger partial charge in [0.05, 0.1) is 0 Å². The van der Waals surface area contributed by atoms with Gasteiger partial charge in [-0.05, 0) is 0 Å². The van der Waals surface area contributed by atoms with Gasteiger partial charge in [0.15, 0.2) is 0 Å². The van der Waals surface area contributed by atoms with Crippen molar-refractivity contribution in [2.45, 2.75) is 51.2 Å². The number of halogens is 1. The minimum absolute atomic E-state index is 0.0283. The molecule has 4 aliphatic rings. The topological polar surface area (TPSA) is 116 Å². The molecule has 2 aromatic heterocycles. The Hall–Kier alpha value is -3.61. The van der Waals surface area contributed by atoms with E-state index in [-0.39, 0.29) is 33.9 Å². The number of aromatic amines is 1. The first-order valence-electron chi connectivity index (χ1n) is 13.4. The van der Waals surface area contributed by atoms with E-state index in [1.165, 1.54) is 16.7 Å². The average Bonchev–Trinajstić information content (AvgIpc) is 3.71. The molecule has 1 aromatic carbocycles. The molecule has 1 aliphatic carbocycles. The zero-order valence-electron chi connectivity index (χ0n) is 21.5. The fraction of sp³-hybridized carbons (Fsp3) is 0.357. The third-order valence-corrected chi connectivity index (χ3v) is 9.42. The summed E-state index contributed by atoms with van der Waals surface area (Å²) in [5.74, 6) is 1.07. The molecule has 3 aromatic rings. The molecule has 10 nitrogen and oxygen atoms in total. The summed E-state index contributed by atoms with van der Waals surface area (Å²) in [7, 11) is 0. The molecular weight excluding hydrogens is 605 g/mol. The molecular formula is C28H29IN9O-. The second kappa shape index (κ2) is 10.5. The molecule has 0 saturated heterocycles. The van der Waals surface area contributed by atoms with Crippen molar-refractivity contribution in [2.24, 2.45) is 8.20 Å². The average molecular weight is 635 g/mol. The van der Waals surface area contributed by atoms with Gasteiger partial charge in [0.2, 0.25) is 0 Å². The number of nitrogens with zero attached hydrogens (tertiary/aromatic N) is 7. The minimum atomic E-state index is -0.251. The van der Waals surface area contributed by atoms with Crippen molar-refractivity contribution in [1.82, 2.24) is 35.4 Å². The molecule has 5 heterocycles. The van der Waals surface area contributed by atoms with Crippen LogP contribution in [0, 0.1) is 0 Å². The van der Waals surface area contributed by atoms with Crippen LogP contribution in [0.3, 0.4) is 0 Å². The summed E-state index contributed by atoms with van der Waals surface area (Å²) in [6, 6.07) is 8.96. The number of nitrogens with one attached hydrogen (secondary N) is 2. The summed E-state index contributed by atoms with van der Waals surface area (Å²) in [4.78, 5) is 20.1. The van der Waals surface area contributed by atoms with Crippen LogP contribution in [-0.2, 0) is 37.1 Å². The third-order valence-electron chi connectivity index (χ3n) is 7.66. The molecule has 0 bridgehead atoms. The van der Waals surface area contributed by atoms with E-state index in [0.29, 0.717) is 25.6 Å². The molecule has 1 amide bonds. The molecule has 39 heavy (non-hydrogen) atoms. The number of H-pyrrole nitrogens is 1. The molecule has 0 atom stereocenters. The molecule has 2 N–H and O–H groups in total. The van der Waals surface area contributed by atoms with Crippen molar-refractivity contribution in [3.63, 3.8) is 0 Å². The Labute approximate surface area is 237 Å². The van der Waals surface area contributed by atoms with Crippen LogP contribution in [0.5, 0.6) is 0 Å². The monoisotopic (exact) mass is 634 g/mol. The summed E-state index contributed by atoms with van der Waals surface area (Å²) in [5, 5.41) is 19.4. The predicted molar refractivity (Wildman–Crippen MR) is 144 cm³/mol. The van der Waals surface area contributed by atoms with Crippen LogP contribution in [0.1, 0.15) is 46.6 Å². The molecule has 0 fully saturated rings. The fourth-order valence-corrected chi connectivity index (χ4v) is 7.09. The Bertz CT molecular complexity index is 1520. The molecule has 3 aliphatic heterocycles. The molecule has 200 valence electrons. The summed E-state index contributed by atoms with van der Waals surface area (Å²) in [5.41, 5.74) is 8.61. The van der Waals surface area contributed by atoms with Crippen molar-refractivity contribution in [3.05, 3.63) is 82.6 Å². The number of carbonyl (C=O) groups is 1. The van der Waals surface area contributed by atoms with E-state index in [2.05, 4.69) is 63.3 Å². The van der Waals surface area contributed by atoms with Gasteiger partial charge in [-0.3, -0.25) is 0 Å². The van der Waals surface area contributed by atoms with Crippen LogP contribution in [0.2, 0.25) is 0 Å². The van der Waals surface area contributed by atoms with Gasteiger partial charge in [0.1, 0.15) is 0 Å². The number of aromatic nitrogens is 5. The number of benzene rings is 1. The van der Waals surface area contributed by atoms with Crippen LogP contribution in [0.15, 0.2) is 57.0 Å². The zero-order valence-corrected chi connectivity index (χ0v) is 23.6. The van der Waals surface area contributed by atoms with E-state index < -0.39 is 0 Å². The number of aliphatic imine (C=N–C) groups is 1. The first-order valence-corrected chi connectivity index (χ1v) is 15.8. The molecule has 0 unspecified atom stereocenters. The molecule has 0 saturated carbocycles. The Balaban J connectivity index is 1.09. The normalized spacial score (nSPS) is 20.1. The maximum absolute atomic E-state index is 13.2. The SMILES string of the molecule is O=C(Cn1cc(C2=CNC(=NC3Cc4ccccc4C3)CC2)c(C2=N[I-]CC=C2)n1)N1CCc2n[nH]nc2C1. The van der Waals surface area contributed by atoms with E-state index in [1.54, 1.807) is 4.68 Å². The van der Waals surface area contributed by atoms with Crippen LogP contribution in [-0.4, -0.2) is 64.6 Å². The Morgan fingerprint density at radius 1 is 1.10 bits per heavy atom. The number of alkyl halides is 1. The van der Waals surface area contributed by atoms with Crippen LogP contribution < -0.4 is 26.8 Å². The van der Waals surface area contributed by atoms with Crippen molar-refractivity contribution < 1.29 is 26.3 Å². The molecule has 11 heteroatoms. The summed E-state index contributed by atoms with van der Waals surface area (Å²) in [6.07, 6.45) is 12.8. The standard InChI is InChI=1S/C28H29IN9O/c39-27(37-11-9-23-25(16-37)34-36-33-23)17-38-15-22(28(35-38)24-6-3-10-29-32-24)20-7-8-26(30-14-20)31-21-12-18-4-1-2-5-19(18)13-21/h1-6,14-15,21H,7-13,16-17H2,(H,30,31)(H,33,34,36)/q-1. The number of allylic oxidation sites excluding steroid dienone is 3. The quantitative estimate of drug-likeness (QED) is 0.283. The van der Waals surface area contributed by atoms with Gasteiger partial charge in [-0.1, -0.05) is 24.3 Å². The third kappa shape index (κ3) is 5.07. The van der Waals surface area contributed by atoms with Crippen LogP contribution in [0.25, 0.3) is 5.57 Å². The number of fused-ring (bicyclic) bond motifs is 2. The van der Waals surface area contributed by atoms with Crippen molar-refractivity contribution >= 4 is 23.0 Å². The van der Waals surface area contributed by atoms with Gasteiger partial charge in [-0.25, -0.2) is 0 Å². The second-order valence-electron chi connectivity index (χ2n) is 10.2. The van der Waals surface area contributed by atoms with Crippen molar-refractivity contribution in [1.29, 1.82) is 0 Å². The number of amidine groups is 1. The van der Waals surface area contributed by atoms with Gasteiger partial charge in [0, 0.05) is 0 Å². The maximum atomic E-state index is 13.2. The molecule has 7 rings (SSSR count). The second-order valence-corrected chi connectivity index (χ2v) is 12.3. The number of hydrogen-bond donors (Lipinski definition) is 2. The van der Waals surface area contributed by atoms with E-state index in [9.17, 15) is 4.79 Å². The summed E-state index contributed by atoms with van der Waals surface area (Å²) < 4.78 is 7.66. The Morgan fingerprint density at radius 2 is 1.95 bits per heavy atom. The number of amides is 1. The van der Waals surface area contributed by atoms with Gasteiger partial charge in [-0.2, -0.15) is 0 Å². The van der Waals surface area contributed by atoms with E-state index in [1.807, 2.05) is 11.1 Å². The Morgan fingerprint density at radius 3 is 2.72 bits per heavy atom. The number of hydrogen-bond acceptors (Lipinski definition) is 6. The fourth-order valence-electron chi connectivity index (χ4n) is 5.65. The van der Waals surface area contributed by atoms with Crippen molar-refractivity contribution in [3.8, 4) is 0 Å².